The van der Waals surface area contributed by atoms with E-state index in [0.29, 0.717) is 6.54 Å². The minimum Gasteiger partial charge on any atom is -0.380 e. The summed E-state index contributed by atoms with van der Waals surface area (Å²) in [7, 11) is 1.75. The van der Waals surface area contributed by atoms with Gasteiger partial charge in [0.1, 0.15) is 0 Å². The van der Waals surface area contributed by atoms with E-state index in [4.69, 9.17) is 10.5 Å². The molecule has 2 rings (SSSR count). The van der Waals surface area contributed by atoms with Gasteiger partial charge in [0.05, 0.1) is 24.5 Å². The van der Waals surface area contributed by atoms with Gasteiger partial charge in [-0.25, -0.2) is 0 Å². The number of methoxy groups -OCH3 is 1. The summed E-state index contributed by atoms with van der Waals surface area (Å²) in [5, 5.41) is 4.34. The molecule has 1 aliphatic rings. The summed E-state index contributed by atoms with van der Waals surface area (Å²) in [4.78, 5) is 2.39. The highest BCUT2D eigenvalue weighted by atomic mass is 16.5. The van der Waals surface area contributed by atoms with Crippen molar-refractivity contribution in [2.75, 3.05) is 20.2 Å². The van der Waals surface area contributed by atoms with Crippen LogP contribution in [0.4, 0.5) is 0 Å². The van der Waals surface area contributed by atoms with Crippen LogP contribution in [0.3, 0.4) is 0 Å². The Bertz CT molecular complexity index is 336. The van der Waals surface area contributed by atoms with Gasteiger partial charge in [-0.15, -0.1) is 0 Å². The fourth-order valence-electron chi connectivity index (χ4n) is 2.12. The smallest absolute Gasteiger partial charge is 0.0670 e. The maximum Gasteiger partial charge on any atom is 0.0670 e. The summed E-state index contributed by atoms with van der Waals surface area (Å²) >= 11 is 0. The average Bonchev–Trinajstić information content (AvgIpc) is 2.71. The van der Waals surface area contributed by atoms with Crippen molar-refractivity contribution in [3.05, 3.63) is 17.5 Å². The average molecular weight is 224 g/mol. The lowest BCUT2D eigenvalue weighted by atomic mass is 10.2. The predicted molar refractivity (Wildman–Crippen MR) is 61.9 cm³/mol. The van der Waals surface area contributed by atoms with Crippen LogP contribution in [-0.2, 0) is 24.4 Å². The van der Waals surface area contributed by atoms with Crippen LogP contribution in [0.25, 0.3) is 0 Å². The van der Waals surface area contributed by atoms with Crippen LogP contribution in [0, 0.1) is 0 Å². The molecular formula is C11H20N4O. The fraction of sp³-hybridized carbons (Fsp3) is 0.727. The summed E-state index contributed by atoms with van der Waals surface area (Å²) in [6.45, 7) is 6.54. The third kappa shape index (κ3) is 2.26. The first kappa shape index (κ1) is 11.6. The zero-order chi connectivity index (χ0) is 11.5. The molecular weight excluding hydrogens is 204 g/mol. The van der Waals surface area contributed by atoms with Crippen LogP contribution in [0.2, 0.25) is 0 Å². The Kier molecular flexibility index (Phi) is 3.58. The van der Waals surface area contributed by atoms with E-state index in [-0.39, 0.29) is 6.10 Å². The van der Waals surface area contributed by atoms with Gasteiger partial charge in [-0.3, -0.25) is 9.58 Å². The molecule has 2 N–H and O–H groups in total. The highest BCUT2D eigenvalue weighted by Gasteiger charge is 2.20. The largest absolute Gasteiger partial charge is 0.380 e. The lowest BCUT2D eigenvalue weighted by Crippen LogP contribution is -2.38. The molecule has 0 radical (unpaired) electrons. The summed E-state index contributed by atoms with van der Waals surface area (Å²) in [6, 6.07) is 0. The Morgan fingerprint density at radius 2 is 2.38 bits per heavy atom. The molecule has 1 atom stereocenters. The zero-order valence-corrected chi connectivity index (χ0v) is 10.0. The fourth-order valence-corrected chi connectivity index (χ4v) is 2.12. The van der Waals surface area contributed by atoms with Crippen molar-refractivity contribution >= 4 is 0 Å². The molecule has 0 bridgehead atoms. The molecule has 5 nitrogen and oxygen atoms in total. The first-order valence-electron chi connectivity index (χ1n) is 5.73. The number of nitrogens with two attached hydrogens (primary N) is 1. The molecule has 1 unspecified atom stereocenters. The van der Waals surface area contributed by atoms with Crippen molar-refractivity contribution in [3.63, 3.8) is 0 Å². The van der Waals surface area contributed by atoms with Gasteiger partial charge in [0, 0.05) is 38.9 Å². The third-order valence-electron chi connectivity index (χ3n) is 3.17. The van der Waals surface area contributed by atoms with E-state index in [1.165, 1.54) is 5.69 Å². The molecule has 0 aliphatic carbocycles. The number of rotatable bonds is 4. The van der Waals surface area contributed by atoms with Crippen molar-refractivity contribution in [1.29, 1.82) is 0 Å². The van der Waals surface area contributed by atoms with Gasteiger partial charge in [0.25, 0.3) is 0 Å². The van der Waals surface area contributed by atoms with Gasteiger partial charge < -0.3 is 10.5 Å². The first-order valence-corrected chi connectivity index (χ1v) is 5.73. The van der Waals surface area contributed by atoms with Crippen molar-refractivity contribution in [2.45, 2.75) is 32.7 Å². The molecule has 2 heterocycles. The number of hydrogen-bond acceptors (Lipinski definition) is 4. The van der Waals surface area contributed by atoms with Crippen molar-refractivity contribution in [2.24, 2.45) is 5.73 Å². The minimum absolute atomic E-state index is 0.274. The number of ether oxygens (including phenoxy) is 1. The molecule has 0 amide bonds. The van der Waals surface area contributed by atoms with E-state index in [9.17, 15) is 0 Å². The van der Waals surface area contributed by atoms with E-state index in [1.54, 1.807) is 7.11 Å². The van der Waals surface area contributed by atoms with Crippen LogP contribution < -0.4 is 5.73 Å². The highest BCUT2D eigenvalue weighted by molar-refractivity contribution is 5.18. The molecule has 90 valence electrons. The van der Waals surface area contributed by atoms with Crippen LogP contribution in [0.15, 0.2) is 6.20 Å². The van der Waals surface area contributed by atoms with Gasteiger partial charge in [0.15, 0.2) is 0 Å². The maximum atomic E-state index is 5.69. The maximum absolute atomic E-state index is 5.69. The van der Waals surface area contributed by atoms with Gasteiger partial charge in [0.2, 0.25) is 0 Å². The lowest BCUT2D eigenvalue weighted by Gasteiger charge is -2.29. The number of fused-ring (bicyclic) bond motifs is 1. The standard InChI is InChI=1S/C11H20N4O/c1-9(16-2)7-14-3-4-15-11(8-14)10(5-12)6-13-15/h6,9H,3-5,7-8,12H2,1-2H3. The van der Waals surface area contributed by atoms with E-state index in [1.807, 2.05) is 6.20 Å². The van der Waals surface area contributed by atoms with Gasteiger partial charge in [-0.05, 0) is 6.92 Å². The van der Waals surface area contributed by atoms with Crippen molar-refractivity contribution in [1.82, 2.24) is 14.7 Å². The minimum atomic E-state index is 0.274. The zero-order valence-electron chi connectivity index (χ0n) is 10.0. The predicted octanol–water partition coefficient (Wildman–Crippen LogP) is 0.192. The molecule has 1 aromatic rings. The van der Waals surface area contributed by atoms with Gasteiger partial charge in [-0.1, -0.05) is 0 Å². The van der Waals surface area contributed by atoms with E-state index in [2.05, 4.69) is 21.6 Å². The Balaban J connectivity index is 2.04. The van der Waals surface area contributed by atoms with E-state index < -0.39 is 0 Å². The summed E-state index contributed by atoms with van der Waals surface area (Å²) in [6.07, 6.45) is 2.16. The second kappa shape index (κ2) is 4.95. The van der Waals surface area contributed by atoms with Crippen molar-refractivity contribution < 1.29 is 4.74 Å². The van der Waals surface area contributed by atoms with E-state index >= 15 is 0 Å². The normalized spacial score (nSPS) is 18.4. The summed E-state index contributed by atoms with van der Waals surface area (Å²) in [5.74, 6) is 0. The quantitative estimate of drug-likeness (QED) is 0.793. The Morgan fingerprint density at radius 3 is 3.06 bits per heavy atom. The van der Waals surface area contributed by atoms with Crippen LogP contribution in [-0.4, -0.2) is 41.0 Å². The highest BCUT2D eigenvalue weighted by Crippen LogP contribution is 2.16. The number of nitrogens with zero attached hydrogens (tertiary/aromatic N) is 3. The van der Waals surface area contributed by atoms with Crippen LogP contribution in [0.1, 0.15) is 18.2 Å². The SMILES string of the molecule is COC(C)CN1CCn2ncc(CN)c2C1. The molecule has 1 aliphatic heterocycles. The monoisotopic (exact) mass is 224 g/mol. The molecule has 16 heavy (non-hydrogen) atoms. The third-order valence-corrected chi connectivity index (χ3v) is 3.17. The summed E-state index contributed by atoms with van der Waals surface area (Å²) < 4.78 is 7.36. The topological polar surface area (TPSA) is 56.3 Å². The molecule has 0 saturated heterocycles. The Labute approximate surface area is 96.2 Å². The molecule has 0 fully saturated rings. The summed E-state index contributed by atoms with van der Waals surface area (Å²) in [5.41, 5.74) is 8.12. The van der Waals surface area contributed by atoms with Gasteiger partial charge in [-0.2, -0.15) is 5.10 Å². The number of hydrogen-bond donors (Lipinski definition) is 1. The molecule has 1 aromatic heterocycles. The molecule has 0 aromatic carbocycles. The van der Waals surface area contributed by atoms with Crippen LogP contribution in [0.5, 0.6) is 0 Å². The molecule has 5 heteroatoms. The first-order chi connectivity index (χ1) is 7.74. The van der Waals surface area contributed by atoms with Gasteiger partial charge >= 0.3 is 0 Å². The van der Waals surface area contributed by atoms with Crippen molar-refractivity contribution in [3.8, 4) is 0 Å². The molecule has 0 spiro atoms. The number of aromatic nitrogens is 2. The second-order valence-electron chi connectivity index (χ2n) is 4.33. The Morgan fingerprint density at radius 1 is 1.56 bits per heavy atom. The second-order valence-corrected chi connectivity index (χ2v) is 4.33. The Hall–Kier alpha value is -0.910. The lowest BCUT2D eigenvalue weighted by molar-refractivity contribution is 0.0659. The molecule has 0 saturated carbocycles. The van der Waals surface area contributed by atoms with E-state index in [0.717, 1.165) is 31.7 Å². The van der Waals surface area contributed by atoms with Crippen LogP contribution >= 0.6 is 0 Å².